The number of hydrogen-bond donors (Lipinski definition) is 0. The van der Waals surface area contributed by atoms with E-state index in [4.69, 9.17) is 9.47 Å². The van der Waals surface area contributed by atoms with E-state index in [0.29, 0.717) is 5.92 Å². The zero-order valence-corrected chi connectivity index (χ0v) is 13.5. The number of likely N-dealkylation sites (N-methyl/N-ethyl adjacent to an activating group) is 1. The van der Waals surface area contributed by atoms with Gasteiger partial charge in [-0.2, -0.15) is 0 Å². The molecule has 116 valence electrons. The van der Waals surface area contributed by atoms with Gasteiger partial charge in [0.25, 0.3) is 0 Å². The van der Waals surface area contributed by atoms with Gasteiger partial charge in [-0.3, -0.25) is 0 Å². The van der Waals surface area contributed by atoms with E-state index >= 15 is 0 Å². The largest absolute Gasteiger partial charge is 0.493 e. The first-order valence-corrected chi connectivity index (χ1v) is 7.71. The first-order valence-electron chi connectivity index (χ1n) is 7.71. The van der Waals surface area contributed by atoms with Crippen molar-refractivity contribution in [1.82, 2.24) is 4.90 Å². The van der Waals surface area contributed by atoms with E-state index in [9.17, 15) is 0 Å². The maximum atomic E-state index is 5.48. The van der Waals surface area contributed by atoms with Crippen LogP contribution in [0.2, 0.25) is 0 Å². The van der Waals surface area contributed by atoms with Gasteiger partial charge >= 0.3 is 0 Å². The van der Waals surface area contributed by atoms with E-state index in [0.717, 1.165) is 31.0 Å². The Morgan fingerprint density at radius 1 is 1.00 bits per heavy atom. The third-order valence-electron chi connectivity index (χ3n) is 4.50. The van der Waals surface area contributed by atoms with E-state index in [1.54, 1.807) is 14.2 Å². The summed E-state index contributed by atoms with van der Waals surface area (Å²) in [5.41, 5.74) is 4.16. The van der Waals surface area contributed by atoms with Crippen molar-refractivity contribution in [2.45, 2.75) is 12.3 Å². The third kappa shape index (κ3) is 2.81. The highest BCUT2D eigenvalue weighted by Crippen LogP contribution is 2.36. The number of hydrogen-bond acceptors (Lipinski definition) is 3. The number of methoxy groups -OCH3 is 2. The lowest BCUT2D eigenvalue weighted by atomic mass is 9.88. The topological polar surface area (TPSA) is 21.7 Å². The number of benzene rings is 2. The Bertz CT molecular complexity index is 654. The smallest absolute Gasteiger partial charge is 0.161 e. The zero-order valence-electron chi connectivity index (χ0n) is 13.5. The first-order chi connectivity index (χ1) is 10.7. The minimum Gasteiger partial charge on any atom is -0.493 e. The van der Waals surface area contributed by atoms with Crippen molar-refractivity contribution in [3.63, 3.8) is 0 Å². The number of fused-ring (bicyclic) bond motifs is 1. The Hall–Kier alpha value is -2.00. The van der Waals surface area contributed by atoms with Crippen molar-refractivity contribution in [3.05, 3.63) is 59.2 Å². The number of ether oxygens (including phenoxy) is 2. The minimum atomic E-state index is 0.364. The molecular weight excluding hydrogens is 274 g/mol. The van der Waals surface area contributed by atoms with E-state index in [1.165, 1.54) is 16.7 Å². The fourth-order valence-electron chi connectivity index (χ4n) is 3.27. The third-order valence-corrected chi connectivity index (χ3v) is 4.50. The highest BCUT2D eigenvalue weighted by Gasteiger charge is 2.23. The van der Waals surface area contributed by atoms with Gasteiger partial charge in [0.1, 0.15) is 0 Å². The summed E-state index contributed by atoms with van der Waals surface area (Å²) >= 11 is 0. The van der Waals surface area contributed by atoms with Crippen LogP contribution >= 0.6 is 0 Å². The molecule has 0 saturated carbocycles. The first kappa shape index (κ1) is 14.9. The molecule has 0 radical (unpaired) electrons. The van der Waals surface area contributed by atoms with Crippen LogP contribution in [-0.4, -0.2) is 39.3 Å². The molecule has 0 N–H and O–H groups in total. The van der Waals surface area contributed by atoms with E-state index in [2.05, 4.69) is 48.3 Å². The van der Waals surface area contributed by atoms with E-state index in [1.807, 2.05) is 6.07 Å². The van der Waals surface area contributed by atoms with Crippen LogP contribution in [0.1, 0.15) is 22.6 Å². The summed E-state index contributed by atoms with van der Waals surface area (Å²) in [5, 5.41) is 0. The molecule has 22 heavy (non-hydrogen) atoms. The molecule has 1 aliphatic rings. The van der Waals surface area contributed by atoms with E-state index in [-0.39, 0.29) is 0 Å². The molecule has 0 spiro atoms. The summed E-state index contributed by atoms with van der Waals surface area (Å²) in [6.07, 6.45) is 1.11. The SMILES string of the molecule is COc1ccc(C2CN(C)CCc3ccccc32)cc1OC. The summed E-state index contributed by atoms with van der Waals surface area (Å²) in [6.45, 7) is 2.12. The second kappa shape index (κ2) is 6.41. The van der Waals surface area contributed by atoms with Crippen LogP contribution in [0.25, 0.3) is 0 Å². The maximum absolute atomic E-state index is 5.48. The van der Waals surface area contributed by atoms with Crippen LogP contribution < -0.4 is 9.47 Å². The average Bonchev–Trinajstić information content (AvgIpc) is 2.74. The fourth-order valence-corrected chi connectivity index (χ4v) is 3.27. The fraction of sp³-hybridized carbons (Fsp3) is 0.368. The Kier molecular flexibility index (Phi) is 4.34. The number of rotatable bonds is 3. The summed E-state index contributed by atoms with van der Waals surface area (Å²) in [7, 11) is 5.56. The van der Waals surface area contributed by atoms with Crippen LogP contribution in [0.15, 0.2) is 42.5 Å². The van der Waals surface area contributed by atoms with Gasteiger partial charge in [0.2, 0.25) is 0 Å². The highest BCUT2D eigenvalue weighted by atomic mass is 16.5. The number of nitrogens with zero attached hydrogens (tertiary/aromatic N) is 1. The van der Waals surface area contributed by atoms with Crippen molar-refractivity contribution >= 4 is 0 Å². The highest BCUT2D eigenvalue weighted by molar-refractivity contribution is 5.47. The molecule has 3 nitrogen and oxygen atoms in total. The van der Waals surface area contributed by atoms with Gasteiger partial charge in [0.05, 0.1) is 14.2 Å². The Morgan fingerprint density at radius 2 is 1.77 bits per heavy atom. The van der Waals surface area contributed by atoms with Gasteiger partial charge in [-0.25, -0.2) is 0 Å². The van der Waals surface area contributed by atoms with Crippen LogP contribution in [0.5, 0.6) is 11.5 Å². The molecular formula is C19H23NO2. The molecule has 1 aliphatic heterocycles. The van der Waals surface area contributed by atoms with Crippen LogP contribution in [0.3, 0.4) is 0 Å². The summed E-state index contributed by atoms with van der Waals surface area (Å²) in [4.78, 5) is 2.40. The average molecular weight is 297 g/mol. The molecule has 0 saturated heterocycles. The van der Waals surface area contributed by atoms with Gasteiger partial charge in [-0.15, -0.1) is 0 Å². The lowest BCUT2D eigenvalue weighted by Crippen LogP contribution is -2.24. The molecule has 1 unspecified atom stereocenters. The monoisotopic (exact) mass is 297 g/mol. The molecule has 0 aromatic heterocycles. The quantitative estimate of drug-likeness (QED) is 0.867. The molecule has 3 heteroatoms. The molecule has 3 rings (SSSR count). The van der Waals surface area contributed by atoms with Crippen molar-refractivity contribution in [2.75, 3.05) is 34.4 Å². The van der Waals surface area contributed by atoms with Crippen molar-refractivity contribution in [1.29, 1.82) is 0 Å². The lowest BCUT2D eigenvalue weighted by molar-refractivity contribution is 0.336. The second-order valence-electron chi connectivity index (χ2n) is 5.88. The molecule has 0 aliphatic carbocycles. The zero-order chi connectivity index (χ0) is 15.5. The molecule has 0 bridgehead atoms. The molecule has 2 aromatic rings. The molecule has 0 amide bonds. The predicted octanol–water partition coefficient (Wildman–Crippen LogP) is 3.32. The Balaban J connectivity index is 2.06. The maximum Gasteiger partial charge on any atom is 0.161 e. The standard InChI is InChI=1S/C19H23NO2/c1-20-11-10-14-6-4-5-7-16(14)17(13-20)15-8-9-18(21-2)19(12-15)22-3/h4-9,12,17H,10-11,13H2,1-3H3. The Labute approximate surface area is 132 Å². The lowest BCUT2D eigenvalue weighted by Gasteiger charge is -2.23. The van der Waals surface area contributed by atoms with Gasteiger partial charge in [-0.05, 0) is 42.3 Å². The van der Waals surface area contributed by atoms with Gasteiger partial charge in [0.15, 0.2) is 11.5 Å². The van der Waals surface area contributed by atoms with Crippen LogP contribution in [0.4, 0.5) is 0 Å². The van der Waals surface area contributed by atoms with Crippen molar-refractivity contribution in [3.8, 4) is 11.5 Å². The molecule has 1 atom stereocenters. The van der Waals surface area contributed by atoms with Gasteiger partial charge in [-0.1, -0.05) is 30.3 Å². The Morgan fingerprint density at radius 3 is 2.55 bits per heavy atom. The normalized spacial score (nSPS) is 18.4. The molecule has 0 fully saturated rings. The van der Waals surface area contributed by atoms with Crippen LogP contribution in [0, 0.1) is 0 Å². The minimum absolute atomic E-state index is 0.364. The summed E-state index contributed by atoms with van der Waals surface area (Å²) in [6, 6.07) is 15.1. The summed E-state index contributed by atoms with van der Waals surface area (Å²) in [5.74, 6) is 1.94. The van der Waals surface area contributed by atoms with Crippen molar-refractivity contribution < 1.29 is 9.47 Å². The van der Waals surface area contributed by atoms with Gasteiger partial charge in [0, 0.05) is 19.0 Å². The molecule has 2 aromatic carbocycles. The van der Waals surface area contributed by atoms with Crippen LogP contribution in [-0.2, 0) is 6.42 Å². The van der Waals surface area contributed by atoms with Crippen molar-refractivity contribution in [2.24, 2.45) is 0 Å². The second-order valence-corrected chi connectivity index (χ2v) is 5.88. The predicted molar refractivity (Wildman–Crippen MR) is 89.0 cm³/mol. The summed E-state index contributed by atoms with van der Waals surface area (Å²) < 4.78 is 10.8. The van der Waals surface area contributed by atoms with Gasteiger partial charge < -0.3 is 14.4 Å². The molecule has 1 heterocycles. The van der Waals surface area contributed by atoms with E-state index < -0.39 is 0 Å².